The van der Waals surface area contributed by atoms with E-state index < -0.39 is 16.5 Å². The van der Waals surface area contributed by atoms with Crippen LogP contribution in [0.2, 0.25) is 0 Å². The summed E-state index contributed by atoms with van der Waals surface area (Å²) in [5.41, 5.74) is 8.72. The Kier molecular flexibility index (Phi) is 6.42. The summed E-state index contributed by atoms with van der Waals surface area (Å²) in [5.74, 6) is -0.369. The second kappa shape index (κ2) is 9.90. The first-order valence-electron chi connectivity index (χ1n) is 12.0. The zero-order chi connectivity index (χ0) is 26.3. The average Bonchev–Trinajstić information content (AvgIpc) is 3.65. The number of benzene rings is 3. The van der Waals surface area contributed by atoms with Crippen LogP contribution in [0.15, 0.2) is 78.2 Å². The van der Waals surface area contributed by atoms with Crippen molar-refractivity contribution in [3.05, 3.63) is 102 Å². The molecule has 0 spiro atoms. The van der Waals surface area contributed by atoms with E-state index in [1.54, 1.807) is 11.0 Å². The highest BCUT2D eigenvalue weighted by Gasteiger charge is 2.47. The molecule has 11 heteroatoms. The lowest BCUT2D eigenvalue weighted by Crippen LogP contribution is -2.38. The third kappa shape index (κ3) is 4.36. The van der Waals surface area contributed by atoms with Gasteiger partial charge in [0, 0.05) is 5.56 Å². The minimum Gasteiger partial charge on any atom is -0.330 e. The highest BCUT2D eigenvalue weighted by Crippen LogP contribution is 2.53. The van der Waals surface area contributed by atoms with Crippen LogP contribution in [0.3, 0.4) is 0 Å². The predicted molar refractivity (Wildman–Crippen MR) is 149 cm³/mol. The quantitative estimate of drug-likeness (QED) is 0.270. The van der Waals surface area contributed by atoms with Gasteiger partial charge in [-0.2, -0.15) is 10.2 Å². The molecule has 7 nitrogen and oxygen atoms in total. The normalized spacial score (nSPS) is 17.4. The van der Waals surface area contributed by atoms with E-state index in [0.29, 0.717) is 35.4 Å². The van der Waals surface area contributed by atoms with Gasteiger partial charge in [-0.1, -0.05) is 53.4 Å². The first-order chi connectivity index (χ1) is 18.5. The summed E-state index contributed by atoms with van der Waals surface area (Å²) in [6, 6.07) is 19.2. The molecule has 2 aromatic heterocycles. The molecule has 0 bridgehead atoms. The topological polar surface area (TPSA) is 85.2 Å². The number of aromatic nitrogens is 4. The largest absolute Gasteiger partial charge is 0.330 e. The van der Waals surface area contributed by atoms with E-state index in [-0.39, 0.29) is 5.56 Å². The third-order valence-electron chi connectivity index (χ3n) is 6.31. The first-order valence-corrected chi connectivity index (χ1v) is 13.7. The average molecular weight is 548 g/mol. The molecule has 1 aliphatic heterocycles. The molecule has 2 N–H and O–H groups in total. The molecule has 0 fully saturated rings. The Hall–Kier alpha value is -3.67. The van der Waals surface area contributed by atoms with E-state index in [0.717, 1.165) is 33.6 Å². The van der Waals surface area contributed by atoms with Crippen molar-refractivity contribution in [1.82, 2.24) is 19.7 Å². The lowest BCUT2D eigenvalue weighted by Gasteiger charge is -2.35. The minimum atomic E-state index is -0.742. The van der Waals surface area contributed by atoms with Crippen LogP contribution in [0, 0.1) is 18.6 Å². The number of hydrazone groups is 1. The number of thioether (sulfide) groups is 1. The molecule has 0 aliphatic carbocycles. The molecule has 3 aromatic carbocycles. The number of nitrogens with two attached hydrogens (primary N) is 1. The summed E-state index contributed by atoms with van der Waals surface area (Å²) in [6.07, 6.45) is 3.00. The van der Waals surface area contributed by atoms with Crippen LogP contribution in [0.5, 0.6) is 0 Å². The Labute approximate surface area is 226 Å². The van der Waals surface area contributed by atoms with Gasteiger partial charge in [0.2, 0.25) is 5.13 Å². The van der Waals surface area contributed by atoms with Gasteiger partial charge in [0.1, 0.15) is 33.7 Å². The summed E-state index contributed by atoms with van der Waals surface area (Å²) in [7, 11) is 0. The molecule has 1 unspecified atom stereocenters. The highest BCUT2D eigenvalue weighted by atomic mass is 32.2. The number of anilines is 1. The molecule has 6 rings (SSSR count). The summed E-state index contributed by atoms with van der Waals surface area (Å²) < 4.78 is 31.7. The van der Waals surface area contributed by atoms with E-state index in [1.807, 2.05) is 60.5 Å². The Balaban J connectivity index is 1.51. The number of fused-ring (bicyclic) bond motifs is 1. The van der Waals surface area contributed by atoms with Crippen molar-refractivity contribution in [3.8, 4) is 5.69 Å². The van der Waals surface area contributed by atoms with E-state index >= 15 is 0 Å². The van der Waals surface area contributed by atoms with Crippen molar-refractivity contribution in [2.75, 3.05) is 11.6 Å². The summed E-state index contributed by atoms with van der Waals surface area (Å²) in [4.78, 5) is 8.39. The van der Waals surface area contributed by atoms with Crippen molar-refractivity contribution in [3.63, 3.8) is 0 Å². The van der Waals surface area contributed by atoms with Crippen LogP contribution in [-0.2, 0) is 4.87 Å². The third-order valence-corrected chi connectivity index (χ3v) is 8.75. The van der Waals surface area contributed by atoms with Gasteiger partial charge in [-0.15, -0.1) is 0 Å². The van der Waals surface area contributed by atoms with Gasteiger partial charge in [0.05, 0.1) is 15.9 Å². The van der Waals surface area contributed by atoms with Crippen molar-refractivity contribution in [2.45, 2.75) is 24.6 Å². The van der Waals surface area contributed by atoms with Crippen molar-refractivity contribution in [2.24, 2.45) is 10.8 Å². The maximum atomic E-state index is 14.9. The number of hydrogen-bond donors (Lipinski definition) is 1. The fraction of sp³-hybridized carbons (Fsp3) is 0.185. The maximum absolute atomic E-state index is 14.9. The molecule has 5 aromatic rings. The lowest BCUT2D eigenvalue weighted by molar-refractivity contribution is 0.527. The number of halogens is 2. The number of thiazole rings is 1. The van der Waals surface area contributed by atoms with Gasteiger partial charge in [-0.05, 0) is 68.3 Å². The minimum absolute atomic E-state index is 0.121. The molecular formula is C27H23F2N7S2. The fourth-order valence-corrected chi connectivity index (χ4v) is 6.99. The highest BCUT2D eigenvalue weighted by molar-refractivity contribution is 8.15. The zero-order valence-corrected chi connectivity index (χ0v) is 22.0. The SMILES string of the molecule is Cc1ncn(-c2ccc3nc(N4N=C(c5cc(F)ccc5F)SC4(CCCN)c4ccccc4)sc3c2)n1. The molecular weight excluding hydrogens is 524 g/mol. The molecule has 38 heavy (non-hydrogen) atoms. The summed E-state index contributed by atoms with van der Waals surface area (Å²) in [6.45, 7) is 2.32. The fourth-order valence-electron chi connectivity index (χ4n) is 4.49. The molecule has 0 saturated carbocycles. The van der Waals surface area contributed by atoms with Crippen molar-refractivity contribution in [1.29, 1.82) is 0 Å². The second-order valence-corrected chi connectivity index (χ2v) is 11.1. The van der Waals surface area contributed by atoms with Gasteiger partial charge in [-0.25, -0.2) is 28.4 Å². The number of hydrogen-bond acceptors (Lipinski definition) is 8. The molecule has 1 atom stereocenters. The molecule has 192 valence electrons. The van der Waals surface area contributed by atoms with Crippen LogP contribution in [-0.4, -0.2) is 31.3 Å². The lowest BCUT2D eigenvalue weighted by atomic mass is 10.0. The molecule has 0 saturated heterocycles. The molecule has 3 heterocycles. The number of aryl methyl sites for hydroxylation is 1. The van der Waals surface area contributed by atoms with Crippen LogP contribution in [0.1, 0.15) is 29.8 Å². The second-order valence-electron chi connectivity index (χ2n) is 8.87. The smallest absolute Gasteiger partial charge is 0.208 e. The Bertz CT molecular complexity index is 1650. The summed E-state index contributed by atoms with van der Waals surface area (Å²) in [5, 5.41) is 12.2. The van der Waals surface area contributed by atoms with E-state index in [4.69, 9.17) is 15.8 Å². The molecule has 1 aliphatic rings. The van der Waals surface area contributed by atoms with E-state index in [9.17, 15) is 8.78 Å². The van der Waals surface area contributed by atoms with Crippen LogP contribution < -0.4 is 10.7 Å². The number of rotatable bonds is 7. The first kappa shape index (κ1) is 24.7. The summed E-state index contributed by atoms with van der Waals surface area (Å²) >= 11 is 2.88. The molecule has 0 radical (unpaired) electrons. The zero-order valence-electron chi connectivity index (χ0n) is 20.4. The Morgan fingerprint density at radius 3 is 2.63 bits per heavy atom. The number of nitrogens with zero attached hydrogens (tertiary/aromatic N) is 6. The van der Waals surface area contributed by atoms with Crippen LogP contribution in [0.25, 0.3) is 15.9 Å². The predicted octanol–water partition coefficient (Wildman–Crippen LogP) is 5.97. The van der Waals surface area contributed by atoms with Gasteiger partial charge in [0.15, 0.2) is 0 Å². The monoisotopic (exact) mass is 547 g/mol. The van der Waals surface area contributed by atoms with Gasteiger partial charge in [-0.3, -0.25) is 0 Å². The van der Waals surface area contributed by atoms with Gasteiger partial charge >= 0.3 is 0 Å². The van der Waals surface area contributed by atoms with Crippen molar-refractivity contribution >= 4 is 43.5 Å². The van der Waals surface area contributed by atoms with E-state index in [1.165, 1.54) is 29.2 Å². The maximum Gasteiger partial charge on any atom is 0.208 e. The molecule has 0 amide bonds. The van der Waals surface area contributed by atoms with Crippen LogP contribution >= 0.6 is 23.1 Å². The van der Waals surface area contributed by atoms with E-state index in [2.05, 4.69) is 10.1 Å². The standard InChI is InChI=1S/C27H23F2N7S2/c1-17-31-16-35(33-17)20-9-11-23-24(15-20)37-26(32-23)36-27(12-5-13-30,18-6-3-2-4-7-18)38-25(34-36)21-14-19(28)8-10-22(21)29/h2-4,6-11,14-16H,5,12-13,30H2,1H3. The Morgan fingerprint density at radius 1 is 1.03 bits per heavy atom. The van der Waals surface area contributed by atoms with Crippen molar-refractivity contribution < 1.29 is 8.78 Å². The Morgan fingerprint density at radius 2 is 1.87 bits per heavy atom. The van der Waals surface area contributed by atoms with Gasteiger partial charge < -0.3 is 5.73 Å². The van der Waals surface area contributed by atoms with Gasteiger partial charge in [0.25, 0.3) is 0 Å². The van der Waals surface area contributed by atoms with Crippen LogP contribution in [0.4, 0.5) is 13.9 Å².